The molecular weight excluding hydrogens is 154 g/mol. The number of hydrogen-bond acceptors (Lipinski definition) is 1. The van der Waals surface area contributed by atoms with Gasteiger partial charge in [0.25, 0.3) is 0 Å². The minimum Gasteiger partial charge on any atom is -0.350 e. The van der Waals surface area contributed by atoms with Gasteiger partial charge in [0.15, 0.2) is 0 Å². The average molecular weight is 165 g/mol. The van der Waals surface area contributed by atoms with Crippen molar-refractivity contribution in [3.05, 3.63) is 22.2 Å². The number of thiophene rings is 1. The normalized spacial score (nSPS) is 11.2. The molecule has 2 heteroatoms. The van der Waals surface area contributed by atoms with E-state index in [0.29, 0.717) is 0 Å². The van der Waals surface area contributed by atoms with Crippen molar-refractivity contribution in [3.8, 4) is 0 Å². The van der Waals surface area contributed by atoms with Gasteiger partial charge in [0.2, 0.25) is 0 Å². The van der Waals surface area contributed by atoms with Crippen molar-refractivity contribution in [2.45, 2.75) is 20.8 Å². The molecule has 1 nitrogen and oxygen atoms in total. The van der Waals surface area contributed by atoms with Crippen LogP contribution in [0, 0.1) is 20.8 Å². The first-order valence-corrected chi connectivity index (χ1v) is 4.55. The lowest BCUT2D eigenvalue weighted by atomic mass is 10.2. The topological polar surface area (TPSA) is 15.8 Å². The van der Waals surface area contributed by atoms with Crippen LogP contribution in [-0.2, 0) is 0 Å². The maximum atomic E-state index is 3.37. The molecule has 0 aliphatic carbocycles. The second-order valence-corrected chi connectivity index (χ2v) is 4.23. The SMILES string of the molecule is Cc1cc2c(C)c(C)[nH]c2s1. The Kier molecular flexibility index (Phi) is 1.33. The molecule has 0 saturated heterocycles. The van der Waals surface area contributed by atoms with Crippen LogP contribution in [0.25, 0.3) is 10.2 Å². The van der Waals surface area contributed by atoms with E-state index in [-0.39, 0.29) is 0 Å². The summed E-state index contributed by atoms with van der Waals surface area (Å²) in [4.78, 5) is 6.07. The van der Waals surface area contributed by atoms with Crippen LogP contribution in [0.5, 0.6) is 0 Å². The highest BCUT2D eigenvalue weighted by Crippen LogP contribution is 2.28. The molecule has 0 aliphatic heterocycles. The first-order valence-electron chi connectivity index (χ1n) is 3.74. The van der Waals surface area contributed by atoms with Crippen LogP contribution in [0.1, 0.15) is 16.1 Å². The van der Waals surface area contributed by atoms with Crippen LogP contribution in [0.3, 0.4) is 0 Å². The van der Waals surface area contributed by atoms with E-state index in [9.17, 15) is 0 Å². The third-order valence-electron chi connectivity index (χ3n) is 2.12. The zero-order valence-electron chi connectivity index (χ0n) is 6.99. The molecule has 0 saturated carbocycles. The fraction of sp³-hybridized carbons (Fsp3) is 0.333. The summed E-state index contributed by atoms with van der Waals surface area (Å²) >= 11 is 1.83. The number of aromatic amines is 1. The summed E-state index contributed by atoms with van der Waals surface area (Å²) in [6.45, 7) is 6.44. The number of aryl methyl sites for hydroxylation is 3. The third-order valence-corrected chi connectivity index (χ3v) is 3.09. The zero-order valence-corrected chi connectivity index (χ0v) is 7.80. The van der Waals surface area contributed by atoms with E-state index in [0.717, 1.165) is 0 Å². The smallest absolute Gasteiger partial charge is 0.100 e. The highest BCUT2D eigenvalue weighted by molar-refractivity contribution is 7.18. The summed E-state index contributed by atoms with van der Waals surface area (Å²) in [6, 6.07) is 2.25. The monoisotopic (exact) mass is 165 g/mol. The Morgan fingerprint density at radius 2 is 2.00 bits per heavy atom. The lowest BCUT2D eigenvalue weighted by Crippen LogP contribution is -1.71. The molecule has 2 aromatic heterocycles. The van der Waals surface area contributed by atoms with E-state index >= 15 is 0 Å². The van der Waals surface area contributed by atoms with E-state index in [1.54, 1.807) is 0 Å². The van der Waals surface area contributed by atoms with Crippen molar-refractivity contribution in [1.29, 1.82) is 0 Å². The van der Waals surface area contributed by atoms with Crippen LogP contribution in [-0.4, -0.2) is 4.98 Å². The highest BCUT2D eigenvalue weighted by atomic mass is 32.1. The minimum absolute atomic E-state index is 1.30. The summed E-state index contributed by atoms with van der Waals surface area (Å²) in [6.07, 6.45) is 0. The molecule has 0 aliphatic rings. The van der Waals surface area contributed by atoms with Gasteiger partial charge in [-0.1, -0.05) is 0 Å². The molecule has 1 N–H and O–H groups in total. The third kappa shape index (κ3) is 0.897. The van der Waals surface area contributed by atoms with Crippen LogP contribution in [0.4, 0.5) is 0 Å². The van der Waals surface area contributed by atoms with Crippen molar-refractivity contribution in [2.75, 3.05) is 0 Å². The van der Waals surface area contributed by atoms with Gasteiger partial charge in [-0.05, 0) is 32.4 Å². The summed E-state index contributed by atoms with van der Waals surface area (Å²) in [5.41, 5.74) is 2.69. The average Bonchev–Trinajstić information content (AvgIpc) is 2.37. The van der Waals surface area contributed by atoms with Crippen LogP contribution in [0.2, 0.25) is 0 Å². The Morgan fingerprint density at radius 3 is 2.64 bits per heavy atom. The number of rotatable bonds is 0. The van der Waals surface area contributed by atoms with Gasteiger partial charge >= 0.3 is 0 Å². The number of nitrogens with one attached hydrogen (secondary N) is 1. The number of hydrogen-bond donors (Lipinski definition) is 1. The first kappa shape index (κ1) is 6.92. The Labute approximate surface area is 70.1 Å². The minimum atomic E-state index is 1.30. The molecule has 2 aromatic rings. The molecule has 2 rings (SSSR count). The Morgan fingerprint density at radius 1 is 1.27 bits per heavy atom. The molecule has 0 atom stereocenters. The summed E-state index contributed by atoms with van der Waals surface area (Å²) in [5.74, 6) is 0. The van der Waals surface area contributed by atoms with Crippen LogP contribution in [0.15, 0.2) is 6.07 Å². The van der Waals surface area contributed by atoms with E-state index < -0.39 is 0 Å². The molecule has 0 fully saturated rings. The van der Waals surface area contributed by atoms with Gasteiger partial charge in [0.05, 0.1) is 0 Å². The Bertz CT molecular complexity index is 395. The Balaban J connectivity index is 2.88. The summed E-state index contributed by atoms with van der Waals surface area (Å²) in [7, 11) is 0. The second-order valence-electron chi connectivity index (χ2n) is 2.97. The van der Waals surface area contributed by atoms with E-state index in [1.165, 1.54) is 26.4 Å². The number of H-pyrrole nitrogens is 1. The Hall–Kier alpha value is -0.760. The lowest BCUT2D eigenvalue weighted by Gasteiger charge is -1.86. The van der Waals surface area contributed by atoms with Gasteiger partial charge < -0.3 is 4.98 Å². The van der Waals surface area contributed by atoms with Crippen molar-refractivity contribution in [2.24, 2.45) is 0 Å². The maximum Gasteiger partial charge on any atom is 0.100 e. The van der Waals surface area contributed by atoms with Crippen molar-refractivity contribution in [3.63, 3.8) is 0 Å². The van der Waals surface area contributed by atoms with Crippen LogP contribution < -0.4 is 0 Å². The van der Waals surface area contributed by atoms with E-state index in [4.69, 9.17) is 0 Å². The summed E-state index contributed by atoms with van der Waals surface area (Å²) in [5, 5.41) is 1.39. The van der Waals surface area contributed by atoms with Gasteiger partial charge in [0.1, 0.15) is 4.83 Å². The molecule has 0 spiro atoms. The lowest BCUT2D eigenvalue weighted by molar-refractivity contribution is 1.26. The molecule has 0 aromatic carbocycles. The predicted octanol–water partition coefficient (Wildman–Crippen LogP) is 3.15. The second kappa shape index (κ2) is 2.11. The van der Waals surface area contributed by atoms with E-state index in [2.05, 4.69) is 31.8 Å². The van der Waals surface area contributed by atoms with Gasteiger partial charge in [-0.2, -0.15) is 0 Å². The molecular formula is C9H11NS. The maximum absolute atomic E-state index is 3.37. The summed E-state index contributed by atoms with van der Waals surface area (Å²) < 4.78 is 0. The molecule has 0 bridgehead atoms. The standard InChI is InChI=1S/C9H11NS/c1-5-4-8-6(2)7(3)10-9(8)11-5/h4,10H,1-3H3. The molecule has 58 valence electrons. The number of aromatic nitrogens is 1. The zero-order chi connectivity index (χ0) is 8.01. The van der Waals surface area contributed by atoms with Gasteiger partial charge in [0, 0.05) is 16.0 Å². The van der Waals surface area contributed by atoms with Crippen LogP contribution >= 0.6 is 11.3 Å². The molecule has 0 unspecified atom stereocenters. The molecule has 2 heterocycles. The molecule has 0 radical (unpaired) electrons. The fourth-order valence-corrected chi connectivity index (χ4v) is 2.38. The number of fused-ring (bicyclic) bond motifs is 1. The van der Waals surface area contributed by atoms with Crippen molar-refractivity contribution >= 4 is 21.6 Å². The largest absolute Gasteiger partial charge is 0.350 e. The van der Waals surface area contributed by atoms with Crippen molar-refractivity contribution < 1.29 is 0 Å². The van der Waals surface area contributed by atoms with Gasteiger partial charge in [-0.25, -0.2) is 0 Å². The van der Waals surface area contributed by atoms with Crippen molar-refractivity contribution in [1.82, 2.24) is 4.98 Å². The van der Waals surface area contributed by atoms with Gasteiger partial charge in [-0.3, -0.25) is 0 Å². The van der Waals surface area contributed by atoms with E-state index in [1.807, 2.05) is 11.3 Å². The molecule has 0 amide bonds. The highest BCUT2D eigenvalue weighted by Gasteiger charge is 2.05. The quantitative estimate of drug-likeness (QED) is 0.617. The van der Waals surface area contributed by atoms with Gasteiger partial charge in [-0.15, -0.1) is 11.3 Å². The predicted molar refractivity (Wildman–Crippen MR) is 50.4 cm³/mol. The first-order chi connectivity index (χ1) is 5.18. The molecule has 11 heavy (non-hydrogen) atoms. The fourth-order valence-electron chi connectivity index (χ4n) is 1.35.